The number of amides is 1. The van der Waals surface area contributed by atoms with Gasteiger partial charge in [-0.15, -0.1) is 0 Å². The van der Waals surface area contributed by atoms with Crippen molar-refractivity contribution in [2.45, 2.75) is 37.4 Å². The van der Waals surface area contributed by atoms with Crippen LogP contribution in [0.5, 0.6) is 0 Å². The van der Waals surface area contributed by atoms with Gasteiger partial charge in [0.05, 0.1) is 5.25 Å². The van der Waals surface area contributed by atoms with E-state index in [9.17, 15) is 4.79 Å². The Balaban J connectivity index is 1.44. The quantitative estimate of drug-likeness (QED) is 0.801. The smallest absolute Gasteiger partial charge is 0.233 e. The Labute approximate surface area is 126 Å². The molecule has 4 atom stereocenters. The number of hydrogen-bond acceptors (Lipinski definition) is 2. The second kappa shape index (κ2) is 6.21. The second-order valence-corrected chi connectivity index (χ2v) is 7.01. The lowest BCUT2D eigenvalue weighted by atomic mass is 9.89. The average molecular weight is 289 g/mol. The molecule has 0 aliphatic heterocycles. The molecule has 1 amide bonds. The molecule has 20 heavy (non-hydrogen) atoms. The van der Waals surface area contributed by atoms with E-state index in [1.165, 1.54) is 31.2 Å². The van der Waals surface area contributed by atoms with Crippen molar-refractivity contribution >= 4 is 18.5 Å². The highest BCUT2D eigenvalue weighted by Gasteiger charge is 2.39. The maximum atomic E-state index is 12.1. The van der Waals surface area contributed by atoms with Crippen LogP contribution in [0.15, 0.2) is 30.3 Å². The van der Waals surface area contributed by atoms with Gasteiger partial charge in [0.2, 0.25) is 5.91 Å². The van der Waals surface area contributed by atoms with Gasteiger partial charge in [-0.05, 0) is 49.0 Å². The molecule has 2 saturated carbocycles. The van der Waals surface area contributed by atoms with Gasteiger partial charge in [0.25, 0.3) is 0 Å². The molecule has 2 bridgehead atoms. The van der Waals surface area contributed by atoms with Crippen LogP contribution in [0.25, 0.3) is 0 Å². The molecule has 0 aromatic heterocycles. The van der Waals surface area contributed by atoms with E-state index in [-0.39, 0.29) is 11.2 Å². The summed E-state index contributed by atoms with van der Waals surface area (Å²) in [5.74, 6) is 2.61. The molecule has 2 aliphatic rings. The maximum Gasteiger partial charge on any atom is 0.233 e. The fourth-order valence-corrected chi connectivity index (χ4v) is 4.21. The van der Waals surface area contributed by atoms with E-state index in [0.717, 1.165) is 24.3 Å². The van der Waals surface area contributed by atoms with E-state index in [2.05, 4.69) is 17.9 Å². The molecule has 0 spiro atoms. The molecule has 3 heteroatoms. The highest BCUT2D eigenvalue weighted by Crippen LogP contribution is 2.47. The van der Waals surface area contributed by atoms with Crippen LogP contribution in [-0.2, 0) is 11.2 Å². The topological polar surface area (TPSA) is 29.1 Å². The number of hydrogen-bond donors (Lipinski definition) is 2. The van der Waals surface area contributed by atoms with E-state index in [4.69, 9.17) is 0 Å². The summed E-state index contributed by atoms with van der Waals surface area (Å²) in [5.41, 5.74) is 1.17. The van der Waals surface area contributed by atoms with Gasteiger partial charge in [0.15, 0.2) is 0 Å². The lowest BCUT2D eigenvalue weighted by molar-refractivity contribution is -0.120. The van der Waals surface area contributed by atoms with E-state index >= 15 is 0 Å². The van der Waals surface area contributed by atoms with Crippen molar-refractivity contribution in [2.75, 3.05) is 6.54 Å². The molecule has 3 rings (SSSR count). The zero-order valence-electron chi connectivity index (χ0n) is 11.8. The van der Waals surface area contributed by atoms with Gasteiger partial charge in [-0.25, -0.2) is 0 Å². The lowest BCUT2D eigenvalue weighted by Crippen LogP contribution is -2.37. The maximum absolute atomic E-state index is 12.1. The van der Waals surface area contributed by atoms with Crippen LogP contribution >= 0.6 is 12.6 Å². The number of carbonyl (C=O) groups excluding carboxylic acids is 1. The summed E-state index contributed by atoms with van der Waals surface area (Å²) in [6.07, 6.45) is 6.21. The summed E-state index contributed by atoms with van der Waals surface area (Å²) in [6, 6.07) is 10.1. The van der Waals surface area contributed by atoms with Crippen molar-refractivity contribution < 1.29 is 4.79 Å². The molecule has 1 N–H and O–H groups in total. The summed E-state index contributed by atoms with van der Waals surface area (Å²) in [4.78, 5) is 12.1. The summed E-state index contributed by atoms with van der Waals surface area (Å²) >= 11 is 4.46. The monoisotopic (exact) mass is 289 g/mol. The van der Waals surface area contributed by atoms with Crippen molar-refractivity contribution in [2.24, 2.45) is 17.8 Å². The predicted molar refractivity (Wildman–Crippen MR) is 84.9 cm³/mol. The zero-order chi connectivity index (χ0) is 13.9. The molecule has 2 fully saturated rings. The molecule has 108 valence electrons. The van der Waals surface area contributed by atoms with Crippen LogP contribution in [0.2, 0.25) is 0 Å². The fourth-order valence-electron chi connectivity index (χ4n) is 3.91. The summed E-state index contributed by atoms with van der Waals surface area (Å²) in [7, 11) is 0. The van der Waals surface area contributed by atoms with Crippen LogP contribution in [0.1, 0.15) is 31.2 Å². The van der Waals surface area contributed by atoms with Crippen molar-refractivity contribution in [3.63, 3.8) is 0 Å². The van der Waals surface area contributed by atoms with E-state index in [1.54, 1.807) is 0 Å². The molecule has 0 radical (unpaired) electrons. The molecule has 0 saturated heterocycles. The average Bonchev–Trinajstić information content (AvgIpc) is 3.08. The van der Waals surface area contributed by atoms with Crippen molar-refractivity contribution in [3.05, 3.63) is 35.9 Å². The van der Waals surface area contributed by atoms with E-state index < -0.39 is 0 Å². The fraction of sp³-hybridized carbons (Fsp3) is 0.588. The Bertz CT molecular complexity index is 461. The van der Waals surface area contributed by atoms with Crippen LogP contribution in [0, 0.1) is 17.8 Å². The molecule has 4 unspecified atom stereocenters. The summed E-state index contributed by atoms with van der Waals surface area (Å²) in [5, 5.41) is 2.87. The Morgan fingerprint density at radius 1 is 1.25 bits per heavy atom. The number of carbonyl (C=O) groups is 1. The normalized spacial score (nSPS) is 29.4. The first-order valence-electron chi connectivity index (χ1n) is 7.72. The first-order chi connectivity index (χ1) is 9.72. The van der Waals surface area contributed by atoms with Gasteiger partial charge in [-0.2, -0.15) is 12.6 Å². The standard InChI is InChI=1S/C17H23NOS/c19-17(16(20)10-12-4-2-1-3-5-12)18-11-15-9-13-6-7-14(15)8-13/h1-5,13-16,20H,6-11H2,(H,18,19). The van der Waals surface area contributed by atoms with Crippen molar-refractivity contribution in [3.8, 4) is 0 Å². The molecular formula is C17H23NOS. The van der Waals surface area contributed by atoms with Crippen LogP contribution in [0.3, 0.4) is 0 Å². The van der Waals surface area contributed by atoms with Crippen LogP contribution < -0.4 is 5.32 Å². The SMILES string of the molecule is O=C(NCC1CC2CCC1C2)C(S)Cc1ccccc1. The highest BCUT2D eigenvalue weighted by molar-refractivity contribution is 7.81. The number of thiol groups is 1. The Morgan fingerprint density at radius 3 is 2.70 bits per heavy atom. The number of fused-ring (bicyclic) bond motifs is 2. The minimum Gasteiger partial charge on any atom is -0.355 e. The van der Waals surface area contributed by atoms with Gasteiger partial charge in [-0.1, -0.05) is 36.8 Å². The van der Waals surface area contributed by atoms with Crippen LogP contribution in [-0.4, -0.2) is 17.7 Å². The lowest BCUT2D eigenvalue weighted by Gasteiger charge is -2.22. The van der Waals surface area contributed by atoms with Crippen molar-refractivity contribution in [1.82, 2.24) is 5.32 Å². The first kappa shape index (κ1) is 14.0. The summed E-state index contributed by atoms with van der Waals surface area (Å²) in [6.45, 7) is 0.853. The second-order valence-electron chi connectivity index (χ2n) is 6.39. The first-order valence-corrected chi connectivity index (χ1v) is 8.23. The Morgan fingerprint density at radius 2 is 2.05 bits per heavy atom. The third-order valence-corrected chi connectivity index (χ3v) is 5.41. The van der Waals surface area contributed by atoms with Gasteiger partial charge in [0.1, 0.15) is 0 Å². The van der Waals surface area contributed by atoms with E-state index in [1.807, 2.05) is 30.3 Å². The molecular weight excluding hydrogens is 266 g/mol. The molecule has 1 aromatic rings. The van der Waals surface area contributed by atoms with E-state index in [0.29, 0.717) is 6.42 Å². The highest BCUT2D eigenvalue weighted by atomic mass is 32.1. The summed E-state index contributed by atoms with van der Waals surface area (Å²) < 4.78 is 0. The predicted octanol–water partition coefficient (Wildman–Crippen LogP) is 3.08. The van der Waals surface area contributed by atoms with Gasteiger partial charge >= 0.3 is 0 Å². The minimum atomic E-state index is -0.240. The van der Waals surface area contributed by atoms with Gasteiger partial charge < -0.3 is 5.32 Å². The third-order valence-electron chi connectivity index (χ3n) is 5.00. The largest absolute Gasteiger partial charge is 0.355 e. The third kappa shape index (κ3) is 3.20. The molecule has 2 nitrogen and oxygen atoms in total. The number of benzene rings is 1. The van der Waals surface area contributed by atoms with Crippen molar-refractivity contribution in [1.29, 1.82) is 0 Å². The minimum absolute atomic E-state index is 0.0833. The zero-order valence-corrected chi connectivity index (χ0v) is 12.7. The van der Waals surface area contributed by atoms with Gasteiger partial charge in [-0.3, -0.25) is 4.79 Å². The molecule has 2 aliphatic carbocycles. The van der Waals surface area contributed by atoms with Crippen LogP contribution in [0.4, 0.5) is 0 Å². The van der Waals surface area contributed by atoms with Gasteiger partial charge in [0, 0.05) is 6.54 Å². The molecule has 0 heterocycles. The number of nitrogens with one attached hydrogen (secondary N) is 1. The number of rotatable bonds is 5. The Hall–Kier alpha value is -0.960. The Kier molecular flexibility index (Phi) is 4.35. The molecule has 1 aromatic carbocycles.